The van der Waals surface area contributed by atoms with E-state index >= 15 is 0 Å². The number of ketones is 4. The van der Waals surface area contributed by atoms with Crippen LogP contribution in [-0.2, 0) is 68.6 Å². The number of phenolic OH excluding ortho intramolecular Hbond substituents is 2. The molecule has 0 saturated carbocycles. The van der Waals surface area contributed by atoms with Gasteiger partial charge in [-0.1, -0.05) is 39.3 Å². The summed E-state index contributed by atoms with van der Waals surface area (Å²) >= 11 is 0. The molecule has 478 valence electrons. The third kappa shape index (κ3) is 16.2. The Morgan fingerprint density at radius 2 is 1.45 bits per heavy atom. The van der Waals surface area contributed by atoms with Crippen molar-refractivity contribution in [1.82, 2.24) is 31.5 Å². The van der Waals surface area contributed by atoms with Gasteiger partial charge >= 0.3 is 5.97 Å². The van der Waals surface area contributed by atoms with E-state index in [0.717, 1.165) is 17.1 Å². The van der Waals surface area contributed by atoms with Crippen molar-refractivity contribution in [3.63, 3.8) is 0 Å². The molecular weight excluding hydrogens is 1160 g/mol. The Labute approximate surface area is 504 Å². The molecule has 29 nitrogen and oxygen atoms in total. The van der Waals surface area contributed by atoms with Crippen LogP contribution < -0.4 is 37.1 Å². The van der Waals surface area contributed by atoms with Crippen LogP contribution >= 0.6 is 0 Å². The highest BCUT2D eigenvalue weighted by Crippen LogP contribution is 2.52. The van der Waals surface area contributed by atoms with E-state index in [9.17, 15) is 93.0 Å². The second-order valence-corrected chi connectivity index (χ2v) is 22.9. The Morgan fingerprint density at radius 1 is 0.795 bits per heavy atom. The number of methoxy groups -OCH3 is 1. The molecule has 1 saturated heterocycles. The van der Waals surface area contributed by atoms with Crippen molar-refractivity contribution in [2.24, 2.45) is 17.6 Å². The zero-order chi connectivity index (χ0) is 65.2. The maximum absolute atomic E-state index is 14.3. The largest absolute Gasteiger partial charge is 0.507 e. The van der Waals surface area contributed by atoms with Crippen molar-refractivity contribution in [3.8, 4) is 17.2 Å². The van der Waals surface area contributed by atoms with Gasteiger partial charge in [0.25, 0.3) is 11.8 Å². The molecule has 2 aliphatic carbocycles. The van der Waals surface area contributed by atoms with Gasteiger partial charge in [0.2, 0.25) is 41.2 Å². The number of aliphatic carboxylic acids is 1. The Kier molecular flexibility index (Phi) is 23.0. The number of aliphatic hydroxyl groups is 3. The molecule has 2 aromatic carbocycles. The number of nitrogens with zero attached hydrogens (tertiary/aromatic N) is 1. The SMILES string of the molecule is COc1cccc2c1C(=O)c1c(O)c3c(c(O)c1C2=O)C[C@@](O)(C(=O)CO)C[C@@H]3O[C@H]1C[C@H](NC(=O)C(CC(C)C)NC(=O)[C@@H](CC(N)=O)NC(=O)[C@@H](C)NC(=O)[C@@H](C)CC(=O)C(CCC(=O)O)NC(=O)CCCCCN2C(=O)C=CC2=O)[C@H](O)[C@H](C)O1. The number of unbranched alkanes of at least 4 members (excludes halogenated alkanes) is 2. The first kappa shape index (κ1) is 68.6. The number of carboxylic acid groups (broad SMARTS) is 1. The highest BCUT2D eigenvalue weighted by Gasteiger charge is 2.51. The molecule has 2 heterocycles. The van der Waals surface area contributed by atoms with Crippen molar-refractivity contribution in [1.29, 1.82) is 0 Å². The number of phenols is 2. The fourth-order valence-corrected chi connectivity index (χ4v) is 11.0. The number of aliphatic hydroxyl groups excluding tert-OH is 2. The lowest BCUT2D eigenvalue weighted by Gasteiger charge is -2.43. The number of amides is 8. The molecule has 0 bridgehead atoms. The molecule has 2 unspecified atom stereocenters. The normalized spacial score (nSPS) is 22.0. The van der Waals surface area contributed by atoms with E-state index in [1.165, 1.54) is 46.1 Å². The highest BCUT2D eigenvalue weighted by atomic mass is 16.7. The van der Waals surface area contributed by atoms with Crippen molar-refractivity contribution in [2.45, 2.75) is 172 Å². The van der Waals surface area contributed by atoms with Gasteiger partial charge in [-0.2, -0.15) is 0 Å². The molecular formula is C59H75N7O22. The monoisotopic (exact) mass is 1230 g/mol. The van der Waals surface area contributed by atoms with Crippen LogP contribution in [0.5, 0.6) is 17.2 Å². The molecule has 29 heteroatoms. The Morgan fingerprint density at radius 3 is 2.08 bits per heavy atom. The van der Waals surface area contributed by atoms with Crippen LogP contribution in [0.2, 0.25) is 0 Å². The van der Waals surface area contributed by atoms with Gasteiger partial charge < -0.3 is 77.2 Å². The molecule has 1 fully saturated rings. The number of hydrogen-bond acceptors (Lipinski definition) is 21. The van der Waals surface area contributed by atoms with Gasteiger partial charge in [0, 0.05) is 79.8 Å². The van der Waals surface area contributed by atoms with Crippen LogP contribution in [-0.4, -0.2) is 186 Å². The van der Waals surface area contributed by atoms with Gasteiger partial charge in [0.05, 0.1) is 54.5 Å². The highest BCUT2D eigenvalue weighted by molar-refractivity contribution is 6.31. The lowest BCUT2D eigenvalue weighted by atomic mass is 9.72. The van der Waals surface area contributed by atoms with Crippen LogP contribution in [0.25, 0.3) is 0 Å². The number of ether oxygens (including phenoxy) is 3. The fraction of sp³-hybridized carbons (Fsp3) is 0.542. The first-order chi connectivity index (χ1) is 41.4. The zero-order valence-corrected chi connectivity index (χ0v) is 49.4. The summed E-state index contributed by atoms with van der Waals surface area (Å²) in [5.74, 6) is -14.4. The van der Waals surface area contributed by atoms with Crippen LogP contribution in [0.15, 0.2) is 30.4 Å². The number of benzene rings is 2. The number of fused-ring (bicyclic) bond motifs is 3. The number of carboxylic acids is 1. The first-order valence-corrected chi connectivity index (χ1v) is 28.7. The first-order valence-electron chi connectivity index (χ1n) is 28.7. The lowest BCUT2D eigenvalue weighted by Crippen LogP contribution is -2.60. The molecule has 0 spiro atoms. The summed E-state index contributed by atoms with van der Waals surface area (Å²) in [5.41, 5.74) is 0.666. The standard InChI is InChI=1S/C59H75N7O22/c1-26(2)19-34(65-58(84)35(21-40(60)70)64-56(82)28(4)61-55(81)27(3)20-36(68)32(14-17-44(74)75)62-41(71)13-8-7-9-18-66-42(72)15-16-43(66)73)57(83)63-33-22-45(87-29(5)50(33)76)88-38-24-59(85,39(69)25-67)23-31-47(38)54(80)49-48(52(31)78)51(77)30-11-10-12-37(86-6)46(30)53(49)79/h10-12,15-16,26-29,32-35,38,45,50,67,76,78,80,85H,7-9,13-14,17-25H2,1-6H3,(H2,60,70)(H,61,81)(H,62,71)(H,63,83)(H,64,82)(H,65,84)(H,74,75)/t27-,28+,29-,32?,33-,34?,35+,38-,45-,50+,59-/m0/s1. The van der Waals surface area contributed by atoms with E-state index in [2.05, 4.69) is 26.6 Å². The van der Waals surface area contributed by atoms with E-state index < -0.39 is 210 Å². The molecule has 0 aromatic heterocycles. The van der Waals surface area contributed by atoms with Gasteiger partial charge in [-0.25, -0.2) is 0 Å². The summed E-state index contributed by atoms with van der Waals surface area (Å²) < 4.78 is 17.6. The predicted molar refractivity (Wildman–Crippen MR) is 302 cm³/mol. The number of rotatable bonds is 30. The summed E-state index contributed by atoms with van der Waals surface area (Å²) in [5, 5.41) is 78.5. The van der Waals surface area contributed by atoms with Crippen LogP contribution in [0.1, 0.15) is 154 Å². The second-order valence-electron chi connectivity index (χ2n) is 22.9. The molecule has 4 aliphatic rings. The molecule has 13 N–H and O–H groups in total. The molecule has 6 rings (SSSR count). The number of carbonyl (C=O) groups is 13. The number of hydrogen-bond donors (Lipinski definition) is 12. The average molecular weight is 1230 g/mol. The smallest absolute Gasteiger partial charge is 0.303 e. The number of primary amides is 1. The van der Waals surface area contributed by atoms with Crippen molar-refractivity contribution in [2.75, 3.05) is 20.3 Å². The van der Waals surface area contributed by atoms with Gasteiger partial charge in [-0.3, -0.25) is 67.2 Å². The number of aromatic hydroxyl groups is 2. The number of nitrogens with one attached hydrogen (secondary N) is 5. The summed E-state index contributed by atoms with van der Waals surface area (Å²) in [6.07, 6.45) is -6.44. The van der Waals surface area contributed by atoms with E-state index in [0.29, 0.717) is 19.3 Å². The third-order valence-electron chi connectivity index (χ3n) is 15.7. The number of Topliss-reactive ketones (excluding diaryl/α,β-unsaturated/α-hetero) is 2. The fourth-order valence-electron chi connectivity index (χ4n) is 11.0. The van der Waals surface area contributed by atoms with Crippen LogP contribution in [0.4, 0.5) is 0 Å². The van der Waals surface area contributed by atoms with Crippen molar-refractivity contribution >= 4 is 76.4 Å². The quantitative estimate of drug-likeness (QED) is 0.0216. The summed E-state index contributed by atoms with van der Waals surface area (Å²) in [4.78, 5) is 171. The van der Waals surface area contributed by atoms with Gasteiger partial charge in [-0.05, 0) is 51.5 Å². The van der Waals surface area contributed by atoms with E-state index in [4.69, 9.17) is 19.9 Å². The maximum atomic E-state index is 14.3. The minimum atomic E-state index is -2.49. The van der Waals surface area contributed by atoms with Crippen LogP contribution in [0, 0.1) is 11.8 Å². The van der Waals surface area contributed by atoms with Gasteiger partial charge in [0.15, 0.2) is 23.6 Å². The second kappa shape index (κ2) is 29.5. The summed E-state index contributed by atoms with van der Waals surface area (Å²) in [6, 6.07) is -3.03. The molecule has 88 heavy (non-hydrogen) atoms. The summed E-state index contributed by atoms with van der Waals surface area (Å²) in [6.45, 7) is 6.35. The maximum Gasteiger partial charge on any atom is 0.303 e. The number of imide groups is 1. The minimum Gasteiger partial charge on any atom is -0.507 e. The van der Waals surface area contributed by atoms with Crippen molar-refractivity contribution < 1.29 is 107 Å². The Bertz CT molecular complexity index is 3140. The molecule has 2 aromatic rings. The summed E-state index contributed by atoms with van der Waals surface area (Å²) in [7, 11) is 1.26. The Hall–Kier alpha value is -8.51. The van der Waals surface area contributed by atoms with Gasteiger partial charge in [0.1, 0.15) is 53.7 Å². The molecule has 8 amide bonds. The Balaban J connectivity index is 1.10. The zero-order valence-electron chi connectivity index (χ0n) is 49.4. The van der Waals surface area contributed by atoms with Crippen LogP contribution in [0.3, 0.4) is 0 Å². The van der Waals surface area contributed by atoms with E-state index in [1.54, 1.807) is 13.8 Å². The number of nitrogens with two attached hydrogens (primary N) is 1. The van der Waals surface area contributed by atoms with Gasteiger partial charge in [-0.15, -0.1) is 0 Å². The minimum absolute atomic E-state index is 0.0177. The average Bonchev–Trinajstić information content (AvgIpc) is 0.811. The lowest BCUT2D eigenvalue weighted by molar-refractivity contribution is -0.249. The number of carbonyl (C=O) groups excluding carboxylic acids is 12. The molecule has 0 radical (unpaired) electrons. The predicted octanol–water partition coefficient (Wildman–Crippen LogP) is -1.02. The third-order valence-corrected chi connectivity index (χ3v) is 15.7. The molecule has 11 atom stereocenters. The van der Waals surface area contributed by atoms with E-state index in [-0.39, 0.29) is 59.7 Å². The molecule has 2 aliphatic heterocycles. The van der Waals surface area contributed by atoms with Crippen molar-refractivity contribution in [3.05, 3.63) is 63.7 Å². The topological polar surface area (TPSA) is 460 Å². The van der Waals surface area contributed by atoms with E-state index in [1.807, 2.05) is 0 Å².